The Labute approximate surface area is 160 Å². The van der Waals surface area contributed by atoms with E-state index in [0.717, 1.165) is 37.1 Å². The van der Waals surface area contributed by atoms with Crippen molar-refractivity contribution in [1.29, 1.82) is 0 Å². The topological polar surface area (TPSA) is 84.5 Å². The molecule has 0 aliphatic rings. The van der Waals surface area contributed by atoms with Crippen LogP contribution in [0, 0.1) is 0 Å². The highest BCUT2D eigenvalue weighted by atomic mass is 32.2. The molecular weight excluding hydrogens is 397 g/mol. The van der Waals surface area contributed by atoms with Gasteiger partial charge in [0, 0.05) is 6.54 Å². The van der Waals surface area contributed by atoms with Crippen molar-refractivity contribution in [2.75, 3.05) is 11.3 Å². The molecule has 0 saturated carbocycles. The van der Waals surface area contributed by atoms with Crippen LogP contribution < -0.4 is 14.8 Å². The van der Waals surface area contributed by atoms with Gasteiger partial charge < -0.3 is 10.1 Å². The second-order valence-corrected chi connectivity index (χ2v) is 7.46. The Hall–Kier alpha value is -2.75. The summed E-state index contributed by atoms with van der Waals surface area (Å²) in [5.74, 6) is -0.970. The fourth-order valence-corrected chi connectivity index (χ4v) is 3.35. The Morgan fingerprint density at radius 1 is 1.07 bits per heavy atom. The molecule has 0 aromatic heterocycles. The third-order valence-corrected chi connectivity index (χ3v) is 4.98. The highest BCUT2D eigenvalue weighted by Crippen LogP contribution is 2.25. The smallest absolute Gasteiger partial charge is 0.406 e. The summed E-state index contributed by atoms with van der Waals surface area (Å²) in [4.78, 5) is 12.0. The molecule has 0 unspecified atom stereocenters. The largest absolute Gasteiger partial charge is 0.573 e. The molecule has 0 saturated heterocycles. The number of halogens is 3. The monoisotopic (exact) mass is 416 g/mol. The van der Waals surface area contributed by atoms with E-state index in [1.54, 1.807) is 12.1 Å². The van der Waals surface area contributed by atoms with Crippen LogP contribution in [0.4, 0.5) is 18.9 Å². The number of rotatable bonds is 8. The summed E-state index contributed by atoms with van der Waals surface area (Å²) in [6.07, 6.45) is -3.20. The van der Waals surface area contributed by atoms with Crippen LogP contribution >= 0.6 is 0 Å². The fraction of sp³-hybridized carbons (Fsp3) is 0.278. The Balaban J connectivity index is 2.19. The average Bonchev–Trinajstić information content (AvgIpc) is 2.61. The number of hydrogen-bond acceptors (Lipinski definition) is 4. The van der Waals surface area contributed by atoms with E-state index in [9.17, 15) is 26.4 Å². The summed E-state index contributed by atoms with van der Waals surface area (Å²) >= 11 is 0. The first-order valence-corrected chi connectivity index (χ1v) is 9.86. The first-order valence-electron chi connectivity index (χ1n) is 8.38. The van der Waals surface area contributed by atoms with Gasteiger partial charge in [0.05, 0.1) is 16.1 Å². The SMILES string of the molecule is CCCCNC(=O)c1ccccc1NS(=O)(=O)c1ccc(OC(F)(F)F)cc1. The van der Waals surface area contributed by atoms with Gasteiger partial charge in [-0.15, -0.1) is 13.2 Å². The summed E-state index contributed by atoms with van der Waals surface area (Å²) in [6, 6.07) is 9.79. The van der Waals surface area contributed by atoms with Gasteiger partial charge in [0.2, 0.25) is 0 Å². The van der Waals surface area contributed by atoms with E-state index in [1.807, 2.05) is 6.92 Å². The van der Waals surface area contributed by atoms with Crippen LogP contribution in [0.3, 0.4) is 0 Å². The number of anilines is 1. The van der Waals surface area contributed by atoms with Gasteiger partial charge in [0.15, 0.2) is 0 Å². The van der Waals surface area contributed by atoms with Gasteiger partial charge in [-0.2, -0.15) is 0 Å². The number of carbonyl (C=O) groups excluding carboxylic acids is 1. The molecule has 10 heteroatoms. The maximum Gasteiger partial charge on any atom is 0.573 e. The first kappa shape index (κ1) is 21.5. The van der Waals surface area contributed by atoms with E-state index < -0.39 is 28.0 Å². The first-order chi connectivity index (χ1) is 13.1. The van der Waals surface area contributed by atoms with Crippen molar-refractivity contribution in [3.63, 3.8) is 0 Å². The molecule has 2 rings (SSSR count). The Bertz CT molecular complexity index is 913. The second-order valence-electron chi connectivity index (χ2n) is 5.78. The zero-order chi connectivity index (χ0) is 20.8. The van der Waals surface area contributed by atoms with E-state index in [4.69, 9.17) is 0 Å². The van der Waals surface area contributed by atoms with Gasteiger partial charge in [-0.05, 0) is 42.8 Å². The van der Waals surface area contributed by atoms with Gasteiger partial charge in [0.1, 0.15) is 5.75 Å². The number of alkyl halides is 3. The van der Waals surface area contributed by atoms with Crippen molar-refractivity contribution in [3.05, 3.63) is 54.1 Å². The minimum Gasteiger partial charge on any atom is -0.406 e. The van der Waals surface area contributed by atoms with Crippen LogP contribution in [0.25, 0.3) is 0 Å². The Morgan fingerprint density at radius 2 is 1.71 bits per heavy atom. The molecule has 28 heavy (non-hydrogen) atoms. The number of unbranched alkanes of at least 4 members (excludes halogenated alkanes) is 1. The lowest BCUT2D eigenvalue weighted by molar-refractivity contribution is -0.274. The molecule has 0 bridgehead atoms. The van der Waals surface area contributed by atoms with Crippen molar-refractivity contribution >= 4 is 21.6 Å². The van der Waals surface area contributed by atoms with Crippen molar-refractivity contribution in [2.45, 2.75) is 31.0 Å². The third kappa shape index (κ3) is 6.15. The van der Waals surface area contributed by atoms with E-state index in [0.29, 0.717) is 6.54 Å². The highest BCUT2D eigenvalue weighted by Gasteiger charge is 2.31. The van der Waals surface area contributed by atoms with E-state index >= 15 is 0 Å². The number of para-hydroxylation sites is 1. The van der Waals surface area contributed by atoms with Crippen LogP contribution in [0.15, 0.2) is 53.4 Å². The van der Waals surface area contributed by atoms with Gasteiger partial charge in [-0.1, -0.05) is 25.5 Å². The molecule has 6 nitrogen and oxygen atoms in total. The average molecular weight is 416 g/mol. The quantitative estimate of drug-likeness (QED) is 0.639. The predicted octanol–water partition coefficient (Wildman–Crippen LogP) is 3.92. The number of nitrogens with one attached hydrogen (secondary N) is 2. The maximum atomic E-state index is 12.5. The number of amides is 1. The maximum absolute atomic E-state index is 12.5. The van der Waals surface area contributed by atoms with Crippen LogP contribution in [-0.2, 0) is 10.0 Å². The lowest BCUT2D eigenvalue weighted by atomic mass is 10.1. The Morgan fingerprint density at radius 3 is 2.32 bits per heavy atom. The standard InChI is InChI=1S/C18H19F3N2O4S/c1-2-3-12-22-17(24)15-6-4-5-7-16(15)23-28(25,26)14-10-8-13(9-11-14)27-18(19,20)21/h4-11,23H,2-3,12H2,1H3,(H,22,24). The number of sulfonamides is 1. The summed E-state index contributed by atoms with van der Waals surface area (Å²) in [7, 11) is -4.12. The number of ether oxygens (including phenoxy) is 1. The van der Waals surface area contributed by atoms with E-state index in [2.05, 4.69) is 14.8 Å². The van der Waals surface area contributed by atoms with Gasteiger partial charge in [0.25, 0.3) is 15.9 Å². The molecule has 0 fully saturated rings. The van der Waals surface area contributed by atoms with Crippen LogP contribution in [0.2, 0.25) is 0 Å². The molecule has 0 radical (unpaired) electrons. The van der Waals surface area contributed by atoms with E-state index in [1.165, 1.54) is 12.1 Å². The van der Waals surface area contributed by atoms with Crippen molar-refractivity contribution in [2.24, 2.45) is 0 Å². The lowest BCUT2D eigenvalue weighted by Gasteiger charge is -2.13. The lowest BCUT2D eigenvalue weighted by Crippen LogP contribution is -2.26. The summed E-state index contributed by atoms with van der Waals surface area (Å²) in [6.45, 7) is 2.43. The number of hydrogen-bond donors (Lipinski definition) is 2. The van der Waals surface area contributed by atoms with E-state index in [-0.39, 0.29) is 16.1 Å². The number of carbonyl (C=O) groups is 1. The fourth-order valence-electron chi connectivity index (χ4n) is 2.27. The molecule has 2 N–H and O–H groups in total. The molecule has 2 aromatic carbocycles. The zero-order valence-corrected chi connectivity index (χ0v) is 15.7. The van der Waals surface area contributed by atoms with Gasteiger partial charge >= 0.3 is 6.36 Å². The second kappa shape index (κ2) is 8.96. The normalized spacial score (nSPS) is 11.7. The summed E-state index contributed by atoms with van der Waals surface area (Å²) < 4.78 is 67.7. The third-order valence-electron chi connectivity index (χ3n) is 3.60. The van der Waals surface area contributed by atoms with Gasteiger partial charge in [-0.25, -0.2) is 8.42 Å². The van der Waals surface area contributed by atoms with Crippen molar-refractivity contribution < 1.29 is 31.1 Å². The molecular formula is C18H19F3N2O4S. The molecule has 0 heterocycles. The van der Waals surface area contributed by atoms with Crippen LogP contribution in [0.5, 0.6) is 5.75 Å². The molecule has 152 valence electrons. The van der Waals surface area contributed by atoms with Crippen LogP contribution in [0.1, 0.15) is 30.1 Å². The summed E-state index contributed by atoms with van der Waals surface area (Å²) in [5, 5.41) is 2.70. The van der Waals surface area contributed by atoms with Gasteiger partial charge in [-0.3, -0.25) is 9.52 Å². The Kier molecular flexibility index (Phi) is 6.90. The molecule has 0 aliphatic heterocycles. The zero-order valence-electron chi connectivity index (χ0n) is 14.9. The molecule has 0 spiro atoms. The molecule has 0 aliphatic carbocycles. The highest BCUT2D eigenvalue weighted by molar-refractivity contribution is 7.92. The molecule has 1 amide bonds. The predicted molar refractivity (Wildman–Crippen MR) is 97.6 cm³/mol. The summed E-state index contributed by atoms with van der Waals surface area (Å²) in [5.41, 5.74) is 0.200. The minimum absolute atomic E-state index is 0.0621. The molecule has 0 atom stereocenters. The number of benzene rings is 2. The minimum atomic E-state index is -4.87. The van der Waals surface area contributed by atoms with Crippen LogP contribution in [-0.4, -0.2) is 27.2 Å². The van der Waals surface area contributed by atoms with Crippen molar-refractivity contribution in [1.82, 2.24) is 5.32 Å². The van der Waals surface area contributed by atoms with Crippen molar-refractivity contribution in [3.8, 4) is 5.75 Å². The molecule has 2 aromatic rings.